The summed E-state index contributed by atoms with van der Waals surface area (Å²) in [5.41, 5.74) is 0. The van der Waals surface area contributed by atoms with E-state index in [1.54, 1.807) is 0 Å². The van der Waals surface area contributed by atoms with Gasteiger partial charge in [-0.05, 0) is 18.6 Å². The van der Waals surface area contributed by atoms with E-state index in [0.29, 0.717) is 0 Å². The molecule has 0 aromatic carbocycles. The van der Waals surface area contributed by atoms with Gasteiger partial charge in [0.05, 0.1) is 0 Å². The third kappa shape index (κ3) is 4.22. The minimum absolute atomic E-state index is 0.912. The summed E-state index contributed by atoms with van der Waals surface area (Å²) in [5.74, 6) is 2.56. The standard InChI is InChI=1S/C10H20BrNS/c1-2-13-9-8-12(7-6-11)10-4-3-5-10/h10H,2-9H2,1H3. The smallest absolute Gasteiger partial charge is 0.0159 e. The fourth-order valence-electron chi connectivity index (χ4n) is 1.66. The van der Waals surface area contributed by atoms with Crippen molar-refractivity contribution < 1.29 is 0 Å². The molecule has 0 saturated heterocycles. The topological polar surface area (TPSA) is 3.24 Å². The Kier molecular flexibility index (Phi) is 6.51. The molecule has 3 heteroatoms. The maximum atomic E-state index is 3.53. The second-order valence-electron chi connectivity index (χ2n) is 3.51. The van der Waals surface area contributed by atoms with Gasteiger partial charge in [-0.3, -0.25) is 4.90 Å². The van der Waals surface area contributed by atoms with Crippen molar-refractivity contribution in [3.63, 3.8) is 0 Å². The lowest BCUT2D eigenvalue weighted by molar-refractivity contribution is 0.144. The van der Waals surface area contributed by atoms with Gasteiger partial charge >= 0.3 is 0 Å². The summed E-state index contributed by atoms with van der Waals surface area (Å²) in [4.78, 5) is 2.65. The normalized spacial score (nSPS) is 17.8. The summed E-state index contributed by atoms with van der Waals surface area (Å²) in [5, 5.41) is 1.13. The minimum atomic E-state index is 0.912. The number of alkyl halides is 1. The van der Waals surface area contributed by atoms with Crippen molar-refractivity contribution in [2.75, 3.05) is 29.9 Å². The SMILES string of the molecule is CCSCCN(CCBr)C1CCC1. The fourth-order valence-corrected chi connectivity index (χ4v) is 2.77. The van der Waals surface area contributed by atoms with Crippen molar-refractivity contribution in [1.82, 2.24) is 4.90 Å². The van der Waals surface area contributed by atoms with Gasteiger partial charge in [-0.15, -0.1) is 0 Å². The van der Waals surface area contributed by atoms with E-state index in [9.17, 15) is 0 Å². The number of thioether (sulfide) groups is 1. The average Bonchev–Trinajstić information content (AvgIpc) is 2.02. The van der Waals surface area contributed by atoms with Crippen LogP contribution in [-0.4, -0.2) is 40.9 Å². The molecular weight excluding hydrogens is 246 g/mol. The van der Waals surface area contributed by atoms with Crippen LogP contribution in [0.5, 0.6) is 0 Å². The van der Waals surface area contributed by atoms with E-state index in [2.05, 4.69) is 39.5 Å². The highest BCUT2D eigenvalue weighted by Crippen LogP contribution is 2.24. The lowest BCUT2D eigenvalue weighted by Gasteiger charge is -2.37. The minimum Gasteiger partial charge on any atom is -0.299 e. The first kappa shape index (κ1) is 11.9. The molecule has 0 atom stereocenters. The van der Waals surface area contributed by atoms with Crippen molar-refractivity contribution in [1.29, 1.82) is 0 Å². The molecule has 1 aliphatic rings. The van der Waals surface area contributed by atoms with E-state index in [4.69, 9.17) is 0 Å². The van der Waals surface area contributed by atoms with Crippen molar-refractivity contribution in [3.8, 4) is 0 Å². The lowest BCUT2D eigenvalue weighted by Crippen LogP contribution is -2.42. The van der Waals surface area contributed by atoms with Crippen LogP contribution in [0.3, 0.4) is 0 Å². The van der Waals surface area contributed by atoms with E-state index in [0.717, 1.165) is 11.4 Å². The third-order valence-corrected chi connectivity index (χ3v) is 3.92. The van der Waals surface area contributed by atoms with E-state index in [1.165, 1.54) is 43.9 Å². The largest absolute Gasteiger partial charge is 0.299 e. The number of halogens is 1. The summed E-state index contributed by atoms with van der Waals surface area (Å²) in [7, 11) is 0. The van der Waals surface area contributed by atoms with Crippen LogP contribution in [0, 0.1) is 0 Å². The van der Waals surface area contributed by atoms with Crippen LogP contribution in [0.25, 0.3) is 0 Å². The molecule has 0 unspecified atom stereocenters. The van der Waals surface area contributed by atoms with Crippen LogP contribution in [0.4, 0.5) is 0 Å². The molecule has 0 aromatic heterocycles. The number of rotatable bonds is 7. The summed E-state index contributed by atoms with van der Waals surface area (Å²) < 4.78 is 0. The van der Waals surface area contributed by atoms with Crippen molar-refractivity contribution in [3.05, 3.63) is 0 Å². The summed E-state index contributed by atoms with van der Waals surface area (Å²) >= 11 is 5.59. The van der Waals surface area contributed by atoms with E-state index in [-0.39, 0.29) is 0 Å². The van der Waals surface area contributed by atoms with Crippen LogP contribution >= 0.6 is 27.7 Å². The van der Waals surface area contributed by atoms with Crippen LogP contribution in [-0.2, 0) is 0 Å². The highest BCUT2D eigenvalue weighted by atomic mass is 79.9. The third-order valence-electron chi connectivity index (χ3n) is 2.69. The van der Waals surface area contributed by atoms with Gasteiger partial charge in [0.25, 0.3) is 0 Å². The highest BCUT2D eigenvalue weighted by Gasteiger charge is 2.23. The quantitative estimate of drug-likeness (QED) is 0.515. The van der Waals surface area contributed by atoms with Crippen molar-refractivity contribution in [2.45, 2.75) is 32.2 Å². The van der Waals surface area contributed by atoms with Gasteiger partial charge in [0.1, 0.15) is 0 Å². The molecule has 0 bridgehead atoms. The Morgan fingerprint density at radius 2 is 2.15 bits per heavy atom. The zero-order valence-corrected chi connectivity index (χ0v) is 10.9. The zero-order chi connectivity index (χ0) is 9.52. The Labute approximate surface area is 94.8 Å². The van der Waals surface area contributed by atoms with E-state index >= 15 is 0 Å². The average molecular weight is 266 g/mol. The summed E-state index contributed by atoms with van der Waals surface area (Å²) in [6.45, 7) is 4.76. The molecule has 0 aliphatic heterocycles. The summed E-state index contributed by atoms with van der Waals surface area (Å²) in [6, 6.07) is 0.912. The first-order chi connectivity index (χ1) is 6.38. The first-order valence-electron chi connectivity index (χ1n) is 5.26. The van der Waals surface area contributed by atoms with Crippen molar-refractivity contribution >= 4 is 27.7 Å². The molecule has 1 aliphatic carbocycles. The molecule has 1 rings (SSSR count). The number of nitrogens with zero attached hydrogens (tertiary/aromatic N) is 1. The lowest BCUT2D eigenvalue weighted by atomic mass is 9.91. The Hall–Kier alpha value is 0.790. The van der Waals surface area contributed by atoms with Gasteiger partial charge < -0.3 is 0 Å². The van der Waals surface area contributed by atoms with Gasteiger partial charge in [0.2, 0.25) is 0 Å². The van der Waals surface area contributed by atoms with Gasteiger partial charge in [0.15, 0.2) is 0 Å². The first-order valence-corrected chi connectivity index (χ1v) is 7.54. The molecule has 1 saturated carbocycles. The molecule has 0 spiro atoms. The molecule has 0 heterocycles. The molecular formula is C10H20BrNS. The second-order valence-corrected chi connectivity index (χ2v) is 5.69. The predicted molar refractivity (Wildman–Crippen MR) is 66.0 cm³/mol. The Morgan fingerprint density at radius 1 is 1.38 bits per heavy atom. The van der Waals surface area contributed by atoms with Crippen LogP contribution in [0.1, 0.15) is 26.2 Å². The molecule has 1 fully saturated rings. The zero-order valence-electron chi connectivity index (χ0n) is 8.47. The second kappa shape index (κ2) is 7.13. The van der Waals surface area contributed by atoms with Gasteiger partial charge in [-0.2, -0.15) is 11.8 Å². The predicted octanol–water partition coefficient (Wildman–Crippen LogP) is 2.99. The van der Waals surface area contributed by atoms with E-state index < -0.39 is 0 Å². The highest BCUT2D eigenvalue weighted by molar-refractivity contribution is 9.09. The molecule has 78 valence electrons. The van der Waals surface area contributed by atoms with Crippen LogP contribution in [0.15, 0.2) is 0 Å². The molecule has 0 amide bonds. The molecule has 0 radical (unpaired) electrons. The van der Waals surface area contributed by atoms with Crippen LogP contribution in [0.2, 0.25) is 0 Å². The Morgan fingerprint density at radius 3 is 2.62 bits per heavy atom. The summed E-state index contributed by atoms with van der Waals surface area (Å²) in [6.07, 6.45) is 4.32. The Bertz CT molecular complexity index is 128. The van der Waals surface area contributed by atoms with Crippen LogP contribution < -0.4 is 0 Å². The number of hydrogen-bond acceptors (Lipinski definition) is 2. The maximum absolute atomic E-state index is 3.53. The molecule has 0 aromatic rings. The monoisotopic (exact) mass is 265 g/mol. The van der Waals surface area contributed by atoms with Crippen molar-refractivity contribution in [2.24, 2.45) is 0 Å². The van der Waals surface area contributed by atoms with Gasteiger partial charge in [-0.1, -0.05) is 29.3 Å². The molecule has 1 nitrogen and oxygen atoms in total. The van der Waals surface area contributed by atoms with Gasteiger partial charge in [-0.25, -0.2) is 0 Å². The number of hydrogen-bond donors (Lipinski definition) is 0. The molecule has 0 N–H and O–H groups in total. The van der Waals surface area contributed by atoms with Gasteiger partial charge in [0, 0.05) is 30.2 Å². The fraction of sp³-hybridized carbons (Fsp3) is 1.00. The Balaban J connectivity index is 2.12. The molecule has 13 heavy (non-hydrogen) atoms. The van der Waals surface area contributed by atoms with E-state index in [1.807, 2.05) is 0 Å². The maximum Gasteiger partial charge on any atom is 0.0159 e.